The van der Waals surface area contributed by atoms with Crippen LogP contribution in [0.4, 0.5) is 10.2 Å². The predicted octanol–water partition coefficient (Wildman–Crippen LogP) is 3.27. The summed E-state index contributed by atoms with van der Waals surface area (Å²) in [6.07, 6.45) is 8.33. The first-order chi connectivity index (χ1) is 14.1. The van der Waals surface area contributed by atoms with Crippen molar-refractivity contribution in [2.24, 2.45) is 0 Å². The zero-order chi connectivity index (χ0) is 20.0. The molecule has 10 heteroatoms. The highest BCUT2D eigenvalue weighted by Crippen LogP contribution is 2.28. The average Bonchev–Trinajstić information content (AvgIpc) is 3.38. The quantitative estimate of drug-likeness (QED) is 0.555. The second-order valence-electron chi connectivity index (χ2n) is 6.95. The van der Waals surface area contributed by atoms with Crippen LogP contribution >= 0.6 is 11.6 Å². The van der Waals surface area contributed by atoms with Crippen LogP contribution in [-0.4, -0.2) is 48.7 Å². The molecule has 0 saturated carbocycles. The maximum absolute atomic E-state index is 13.7. The minimum absolute atomic E-state index is 0.0119. The van der Waals surface area contributed by atoms with Crippen LogP contribution in [0.2, 0.25) is 5.02 Å². The Hall–Kier alpha value is -3.04. The topological polar surface area (TPSA) is 84.2 Å². The van der Waals surface area contributed by atoms with Crippen molar-refractivity contribution in [3.8, 4) is 11.5 Å². The molecule has 1 N–H and O–H groups in total. The van der Waals surface area contributed by atoms with Gasteiger partial charge in [0.15, 0.2) is 5.82 Å². The second kappa shape index (κ2) is 7.09. The number of morpholine rings is 1. The molecule has 29 heavy (non-hydrogen) atoms. The van der Waals surface area contributed by atoms with E-state index >= 15 is 0 Å². The molecule has 1 saturated heterocycles. The summed E-state index contributed by atoms with van der Waals surface area (Å²) in [5, 5.41) is 6.85. The Labute approximate surface area is 170 Å². The minimum Gasteiger partial charge on any atom is -0.367 e. The van der Waals surface area contributed by atoms with E-state index in [4.69, 9.17) is 21.3 Å². The number of aromatic amines is 1. The van der Waals surface area contributed by atoms with E-state index in [0.29, 0.717) is 30.3 Å². The van der Waals surface area contributed by atoms with Gasteiger partial charge in [-0.1, -0.05) is 11.6 Å². The van der Waals surface area contributed by atoms with E-state index in [-0.39, 0.29) is 17.2 Å². The minimum atomic E-state index is -0.515. The molecule has 1 fully saturated rings. The van der Waals surface area contributed by atoms with Crippen molar-refractivity contribution in [3.05, 3.63) is 59.5 Å². The highest BCUT2D eigenvalue weighted by Gasteiger charge is 2.28. The SMILES string of the molecule is C[C@H]1CN(c2ccnc(-c3cnc4cc(F)c(Cl)cn34)n2)C[C@@H](c2cn[nH]c2)O1. The number of imidazole rings is 1. The zero-order valence-electron chi connectivity index (χ0n) is 15.5. The highest BCUT2D eigenvalue weighted by atomic mass is 35.5. The molecule has 0 aromatic carbocycles. The summed E-state index contributed by atoms with van der Waals surface area (Å²) in [6, 6.07) is 3.15. The summed E-state index contributed by atoms with van der Waals surface area (Å²) in [4.78, 5) is 15.5. The van der Waals surface area contributed by atoms with Crippen molar-refractivity contribution >= 4 is 23.1 Å². The van der Waals surface area contributed by atoms with Crippen LogP contribution in [0.3, 0.4) is 0 Å². The summed E-state index contributed by atoms with van der Waals surface area (Å²) >= 11 is 5.94. The molecule has 148 valence electrons. The third kappa shape index (κ3) is 3.32. The number of pyridine rings is 1. The van der Waals surface area contributed by atoms with Crippen molar-refractivity contribution in [1.82, 2.24) is 29.5 Å². The van der Waals surface area contributed by atoms with E-state index in [1.165, 1.54) is 12.3 Å². The molecule has 0 radical (unpaired) electrons. The first-order valence-corrected chi connectivity index (χ1v) is 9.51. The molecule has 1 aliphatic heterocycles. The van der Waals surface area contributed by atoms with Crippen LogP contribution in [0.5, 0.6) is 0 Å². The normalized spacial score (nSPS) is 19.8. The average molecular weight is 414 g/mol. The van der Waals surface area contributed by atoms with E-state index in [2.05, 4.69) is 25.1 Å². The Morgan fingerprint density at radius 1 is 1.28 bits per heavy atom. The standard InChI is InChI=1S/C19H17ClFN7O/c1-11-8-27(10-16(29-11)12-5-24-25-6-12)17-2-3-22-19(26-17)15-7-23-18-4-14(21)13(20)9-28(15)18/h2-7,9,11,16H,8,10H2,1H3,(H,24,25)/t11-,16-/m0/s1. The molecule has 5 heterocycles. The molecule has 0 aliphatic carbocycles. The van der Waals surface area contributed by atoms with Gasteiger partial charge in [0, 0.05) is 36.8 Å². The van der Waals surface area contributed by atoms with E-state index in [1.807, 2.05) is 19.2 Å². The number of H-pyrrole nitrogens is 1. The third-order valence-electron chi connectivity index (χ3n) is 4.90. The van der Waals surface area contributed by atoms with Gasteiger partial charge < -0.3 is 9.64 Å². The number of hydrogen-bond acceptors (Lipinski definition) is 6. The maximum Gasteiger partial charge on any atom is 0.180 e. The fourth-order valence-electron chi connectivity index (χ4n) is 3.55. The second-order valence-corrected chi connectivity index (χ2v) is 7.36. The van der Waals surface area contributed by atoms with E-state index in [0.717, 1.165) is 11.4 Å². The summed E-state index contributed by atoms with van der Waals surface area (Å²) in [7, 11) is 0. The van der Waals surface area contributed by atoms with Gasteiger partial charge in [-0.2, -0.15) is 5.10 Å². The molecule has 8 nitrogen and oxygen atoms in total. The number of rotatable bonds is 3. The number of ether oxygens (including phenoxy) is 1. The van der Waals surface area contributed by atoms with E-state index in [1.54, 1.807) is 23.0 Å². The van der Waals surface area contributed by atoms with Crippen LogP contribution in [-0.2, 0) is 4.74 Å². The number of anilines is 1. The van der Waals surface area contributed by atoms with Gasteiger partial charge in [0.1, 0.15) is 29.1 Å². The molecular formula is C19H17ClFN7O. The van der Waals surface area contributed by atoms with Crippen LogP contribution in [0.25, 0.3) is 17.2 Å². The smallest absolute Gasteiger partial charge is 0.180 e. The molecule has 0 unspecified atom stereocenters. The molecule has 2 atom stereocenters. The van der Waals surface area contributed by atoms with Crippen LogP contribution in [0, 0.1) is 5.82 Å². The number of fused-ring (bicyclic) bond motifs is 1. The summed E-state index contributed by atoms with van der Waals surface area (Å²) in [5.41, 5.74) is 2.07. The van der Waals surface area contributed by atoms with Gasteiger partial charge in [-0.3, -0.25) is 9.50 Å². The molecule has 4 aromatic heterocycles. The van der Waals surface area contributed by atoms with Gasteiger partial charge in [0.25, 0.3) is 0 Å². The Morgan fingerprint density at radius 2 is 2.17 bits per heavy atom. The number of nitrogens with one attached hydrogen (secondary N) is 1. The number of nitrogens with zero attached hydrogens (tertiary/aromatic N) is 6. The summed E-state index contributed by atoms with van der Waals surface area (Å²) in [6.45, 7) is 3.38. The zero-order valence-corrected chi connectivity index (χ0v) is 16.2. The number of halogens is 2. The number of aromatic nitrogens is 6. The van der Waals surface area contributed by atoms with Crippen LogP contribution in [0.15, 0.2) is 43.1 Å². The Kier molecular flexibility index (Phi) is 4.40. The van der Waals surface area contributed by atoms with Crippen molar-refractivity contribution in [3.63, 3.8) is 0 Å². The highest BCUT2D eigenvalue weighted by molar-refractivity contribution is 6.30. The monoisotopic (exact) mass is 413 g/mol. The predicted molar refractivity (Wildman–Crippen MR) is 105 cm³/mol. The van der Waals surface area contributed by atoms with Crippen LogP contribution in [0.1, 0.15) is 18.6 Å². The van der Waals surface area contributed by atoms with Crippen molar-refractivity contribution < 1.29 is 9.13 Å². The largest absolute Gasteiger partial charge is 0.367 e. The fourth-order valence-corrected chi connectivity index (χ4v) is 3.70. The molecule has 0 amide bonds. The first-order valence-electron chi connectivity index (χ1n) is 9.13. The van der Waals surface area contributed by atoms with E-state index in [9.17, 15) is 4.39 Å². The van der Waals surface area contributed by atoms with Gasteiger partial charge in [-0.15, -0.1) is 0 Å². The Bertz CT molecular complexity index is 1160. The van der Waals surface area contributed by atoms with Crippen molar-refractivity contribution in [1.29, 1.82) is 0 Å². The lowest BCUT2D eigenvalue weighted by molar-refractivity contribution is -0.0176. The lowest BCUT2D eigenvalue weighted by Crippen LogP contribution is -2.43. The fraction of sp³-hybridized carbons (Fsp3) is 0.263. The van der Waals surface area contributed by atoms with E-state index < -0.39 is 5.82 Å². The lowest BCUT2D eigenvalue weighted by Gasteiger charge is -2.37. The van der Waals surface area contributed by atoms with Crippen molar-refractivity contribution in [2.75, 3.05) is 18.0 Å². The molecule has 5 rings (SSSR count). The lowest BCUT2D eigenvalue weighted by atomic mass is 10.1. The molecule has 0 bridgehead atoms. The van der Waals surface area contributed by atoms with Gasteiger partial charge in [-0.25, -0.2) is 19.3 Å². The number of hydrogen-bond donors (Lipinski definition) is 1. The van der Waals surface area contributed by atoms with Gasteiger partial charge in [0.05, 0.1) is 30.1 Å². The Morgan fingerprint density at radius 3 is 3.00 bits per heavy atom. The van der Waals surface area contributed by atoms with Gasteiger partial charge in [-0.05, 0) is 13.0 Å². The molecular weight excluding hydrogens is 397 g/mol. The maximum atomic E-state index is 13.7. The van der Waals surface area contributed by atoms with Crippen LogP contribution < -0.4 is 4.90 Å². The molecule has 1 aliphatic rings. The van der Waals surface area contributed by atoms with Gasteiger partial charge >= 0.3 is 0 Å². The molecule has 4 aromatic rings. The third-order valence-corrected chi connectivity index (χ3v) is 5.18. The molecule has 0 spiro atoms. The van der Waals surface area contributed by atoms with Gasteiger partial charge in [0.2, 0.25) is 0 Å². The first kappa shape index (κ1) is 18.0. The Balaban J connectivity index is 1.49. The summed E-state index contributed by atoms with van der Waals surface area (Å²) < 4.78 is 21.5. The summed E-state index contributed by atoms with van der Waals surface area (Å²) in [5.74, 6) is 0.747. The van der Waals surface area contributed by atoms with Crippen molar-refractivity contribution in [2.45, 2.75) is 19.1 Å².